The van der Waals surface area contributed by atoms with Gasteiger partial charge in [-0.15, -0.1) is 0 Å². The zero-order chi connectivity index (χ0) is 19.8. The van der Waals surface area contributed by atoms with Crippen molar-refractivity contribution >= 4 is 23.2 Å². The van der Waals surface area contributed by atoms with Gasteiger partial charge in [-0.1, -0.05) is 57.9 Å². The number of nitrogens with one attached hydrogen (secondary N) is 1. The van der Waals surface area contributed by atoms with E-state index in [9.17, 15) is 4.79 Å². The summed E-state index contributed by atoms with van der Waals surface area (Å²) in [7, 11) is 0. The van der Waals surface area contributed by atoms with E-state index in [1.54, 1.807) is 0 Å². The highest BCUT2D eigenvalue weighted by atomic mass is 16.4. The first-order valence-electron chi connectivity index (χ1n) is 10.8. The van der Waals surface area contributed by atoms with Gasteiger partial charge in [0.1, 0.15) is 5.52 Å². The number of anilines is 1. The van der Waals surface area contributed by atoms with Crippen LogP contribution in [-0.4, -0.2) is 40.2 Å². The molecule has 0 radical (unpaired) electrons. The van der Waals surface area contributed by atoms with Crippen molar-refractivity contribution in [3.05, 3.63) is 23.8 Å². The Balaban J connectivity index is 1.43. The second-order valence-electron chi connectivity index (χ2n) is 7.90. The number of unbranched alkanes of at least 4 members (excludes halogenated alkanes) is 7. The first kappa shape index (κ1) is 20.5. The Morgan fingerprint density at radius 1 is 1.21 bits per heavy atom. The fraction of sp³-hybridized carbons (Fsp3) is 0.636. The summed E-state index contributed by atoms with van der Waals surface area (Å²) < 4.78 is 5.86. The molecule has 1 aromatic heterocycles. The van der Waals surface area contributed by atoms with Gasteiger partial charge in [0.15, 0.2) is 5.58 Å². The van der Waals surface area contributed by atoms with Crippen LogP contribution in [0.15, 0.2) is 22.6 Å². The molecule has 3 rings (SSSR count). The number of likely N-dealkylation sites (tertiary alicyclic amines) is 1. The number of fused-ring (bicyclic) bond motifs is 1. The van der Waals surface area contributed by atoms with Crippen molar-refractivity contribution in [2.24, 2.45) is 0 Å². The third-order valence-corrected chi connectivity index (χ3v) is 5.56. The number of benzene rings is 1. The second kappa shape index (κ2) is 10.3. The zero-order valence-electron chi connectivity index (χ0n) is 17.0. The van der Waals surface area contributed by atoms with Crippen molar-refractivity contribution in [1.82, 2.24) is 9.88 Å². The molecule has 1 aromatic carbocycles. The van der Waals surface area contributed by atoms with Gasteiger partial charge in [-0.25, -0.2) is 4.79 Å². The smallest absolute Gasteiger partial charge is 0.407 e. The fourth-order valence-electron chi connectivity index (χ4n) is 3.88. The van der Waals surface area contributed by atoms with Crippen molar-refractivity contribution in [3.63, 3.8) is 0 Å². The molecule has 1 saturated heterocycles. The summed E-state index contributed by atoms with van der Waals surface area (Å²) in [6.07, 6.45) is 11.6. The minimum atomic E-state index is -0.868. The minimum Gasteiger partial charge on any atom is -0.465 e. The number of oxazole rings is 1. The first-order valence-corrected chi connectivity index (χ1v) is 10.8. The number of aryl methyl sites for hydroxylation is 1. The van der Waals surface area contributed by atoms with Gasteiger partial charge < -0.3 is 19.7 Å². The summed E-state index contributed by atoms with van der Waals surface area (Å²) in [5.74, 6) is 0. The lowest BCUT2D eigenvalue weighted by atomic mass is 10.0. The van der Waals surface area contributed by atoms with Gasteiger partial charge in [-0.3, -0.25) is 0 Å². The molecule has 0 bridgehead atoms. The fourth-order valence-corrected chi connectivity index (χ4v) is 3.88. The number of amides is 1. The molecule has 2 heterocycles. The number of aromatic nitrogens is 1. The van der Waals surface area contributed by atoms with E-state index in [1.165, 1.54) is 61.8 Å². The molecule has 6 heteroatoms. The number of hydrogen-bond donors (Lipinski definition) is 2. The van der Waals surface area contributed by atoms with Gasteiger partial charge in [-0.2, -0.15) is 4.98 Å². The van der Waals surface area contributed by atoms with E-state index in [1.807, 2.05) is 6.07 Å². The Morgan fingerprint density at radius 3 is 2.68 bits per heavy atom. The van der Waals surface area contributed by atoms with Crippen molar-refractivity contribution in [1.29, 1.82) is 0 Å². The Hall–Kier alpha value is -2.24. The van der Waals surface area contributed by atoms with E-state index in [0.29, 0.717) is 19.1 Å². The lowest BCUT2D eigenvalue weighted by molar-refractivity contribution is 0.155. The maximum absolute atomic E-state index is 11.0. The topological polar surface area (TPSA) is 78.6 Å². The quantitative estimate of drug-likeness (QED) is 0.485. The molecular formula is C22H33N3O3. The van der Waals surface area contributed by atoms with Crippen LogP contribution in [-0.2, 0) is 6.42 Å². The molecular weight excluding hydrogens is 354 g/mol. The highest BCUT2D eigenvalue weighted by Gasteiger charge is 2.26. The monoisotopic (exact) mass is 387 g/mol. The molecule has 6 nitrogen and oxygen atoms in total. The number of nitrogens with zero attached hydrogens (tertiary/aromatic N) is 2. The van der Waals surface area contributed by atoms with Gasteiger partial charge in [0.25, 0.3) is 6.01 Å². The molecule has 0 spiro atoms. The second-order valence-corrected chi connectivity index (χ2v) is 7.90. The summed E-state index contributed by atoms with van der Waals surface area (Å²) in [6.45, 7) is 3.28. The molecule has 0 aliphatic carbocycles. The van der Waals surface area contributed by atoms with Crippen LogP contribution in [0.2, 0.25) is 0 Å². The Kier molecular flexibility index (Phi) is 7.57. The molecule has 0 saturated carbocycles. The third kappa shape index (κ3) is 5.88. The lowest BCUT2D eigenvalue weighted by Gasteiger charge is -2.12. The van der Waals surface area contributed by atoms with E-state index < -0.39 is 6.09 Å². The van der Waals surface area contributed by atoms with Crippen LogP contribution >= 0.6 is 0 Å². The van der Waals surface area contributed by atoms with Crippen LogP contribution in [0.3, 0.4) is 0 Å². The van der Waals surface area contributed by atoms with Crippen LogP contribution in [0.5, 0.6) is 0 Å². The molecule has 1 aliphatic heterocycles. The average molecular weight is 388 g/mol. The van der Waals surface area contributed by atoms with Gasteiger partial charge in [0, 0.05) is 19.1 Å². The predicted molar refractivity (Wildman–Crippen MR) is 112 cm³/mol. The Morgan fingerprint density at radius 2 is 1.96 bits per heavy atom. The summed E-state index contributed by atoms with van der Waals surface area (Å²) in [6, 6.07) is 6.78. The van der Waals surface area contributed by atoms with Gasteiger partial charge in [0.2, 0.25) is 0 Å². The summed E-state index contributed by atoms with van der Waals surface area (Å²) in [4.78, 5) is 16.9. The van der Waals surface area contributed by atoms with Gasteiger partial charge >= 0.3 is 6.09 Å². The average Bonchev–Trinajstić information content (AvgIpc) is 3.30. The molecule has 1 atom stereocenters. The molecule has 1 amide bonds. The number of carboxylic acid groups (broad SMARTS) is 1. The number of hydrogen-bond acceptors (Lipinski definition) is 4. The van der Waals surface area contributed by atoms with E-state index >= 15 is 0 Å². The first-order chi connectivity index (χ1) is 13.7. The highest BCUT2D eigenvalue weighted by molar-refractivity contribution is 5.75. The molecule has 2 N–H and O–H groups in total. The largest absolute Gasteiger partial charge is 0.465 e. The van der Waals surface area contributed by atoms with Crippen LogP contribution in [0.4, 0.5) is 10.8 Å². The van der Waals surface area contributed by atoms with Crippen LogP contribution < -0.4 is 5.32 Å². The van der Waals surface area contributed by atoms with Crippen LogP contribution in [0.25, 0.3) is 11.1 Å². The molecule has 1 aliphatic rings. The lowest BCUT2D eigenvalue weighted by Crippen LogP contribution is -2.30. The van der Waals surface area contributed by atoms with Crippen LogP contribution in [0, 0.1) is 0 Å². The Labute approximate surface area is 167 Å². The zero-order valence-corrected chi connectivity index (χ0v) is 17.0. The maximum Gasteiger partial charge on any atom is 0.407 e. The minimum absolute atomic E-state index is 0.0564. The molecule has 154 valence electrons. The normalized spacial score (nSPS) is 16.8. The number of carbonyl (C=O) groups is 1. The van der Waals surface area contributed by atoms with Crippen molar-refractivity contribution < 1.29 is 14.3 Å². The Bertz CT molecular complexity index is 759. The van der Waals surface area contributed by atoms with Crippen molar-refractivity contribution in [3.8, 4) is 0 Å². The summed E-state index contributed by atoms with van der Waals surface area (Å²) >= 11 is 0. The van der Waals surface area contributed by atoms with Crippen LogP contribution in [0.1, 0.15) is 70.3 Å². The number of rotatable bonds is 11. The maximum atomic E-state index is 11.0. The predicted octanol–water partition coefficient (Wildman–Crippen LogP) is 5.68. The van der Waals surface area contributed by atoms with E-state index in [4.69, 9.17) is 9.52 Å². The standard InChI is InChI=1S/C22H33N3O3/c1-2-3-4-5-6-7-8-9-10-17-11-12-19-20(15-17)28-21(24-19)23-18-13-14-25(16-18)22(26)27/h11-12,15,18H,2-10,13-14,16H2,1H3,(H,23,24)(H,26,27)/t18-/m1/s1. The van der Waals surface area contributed by atoms with E-state index in [2.05, 4.69) is 29.4 Å². The van der Waals surface area contributed by atoms with E-state index in [0.717, 1.165) is 23.9 Å². The highest BCUT2D eigenvalue weighted by Crippen LogP contribution is 2.23. The molecule has 1 fully saturated rings. The summed E-state index contributed by atoms with van der Waals surface area (Å²) in [5, 5.41) is 12.3. The summed E-state index contributed by atoms with van der Waals surface area (Å²) in [5.41, 5.74) is 2.93. The van der Waals surface area contributed by atoms with Crippen molar-refractivity contribution in [2.75, 3.05) is 18.4 Å². The third-order valence-electron chi connectivity index (χ3n) is 5.56. The van der Waals surface area contributed by atoms with Gasteiger partial charge in [-0.05, 0) is 37.0 Å². The SMILES string of the molecule is CCCCCCCCCCc1ccc2nc(N[C@@H]3CCN(C(=O)O)C3)oc2c1. The van der Waals surface area contributed by atoms with Crippen molar-refractivity contribution in [2.45, 2.75) is 77.2 Å². The molecule has 2 aromatic rings. The van der Waals surface area contributed by atoms with E-state index in [-0.39, 0.29) is 6.04 Å². The van der Waals surface area contributed by atoms with Gasteiger partial charge in [0.05, 0.1) is 0 Å². The molecule has 0 unspecified atom stereocenters. The molecule has 28 heavy (non-hydrogen) atoms.